The molecule has 0 atom stereocenters. The van der Waals surface area contributed by atoms with Crippen LogP contribution in [0.15, 0.2) is 18.2 Å². The minimum Gasteiger partial charge on any atom is -0.493 e. The first-order valence-electron chi connectivity index (χ1n) is 5.88. The van der Waals surface area contributed by atoms with Gasteiger partial charge in [-0.1, -0.05) is 12.1 Å². The molecule has 0 aromatic heterocycles. The van der Waals surface area contributed by atoms with Crippen molar-refractivity contribution in [2.45, 2.75) is 19.3 Å². The first kappa shape index (κ1) is 13.1. The van der Waals surface area contributed by atoms with Gasteiger partial charge >= 0.3 is 0 Å². The molecule has 0 bridgehead atoms. The summed E-state index contributed by atoms with van der Waals surface area (Å²) in [6, 6.07) is 5.88. The molecule has 4 nitrogen and oxygen atoms in total. The first-order chi connectivity index (χ1) is 8.44. The number of sulfone groups is 1. The smallest absolute Gasteiger partial charge is 0.154 e. The molecule has 98 valence electrons. The number of aryl methyl sites for hydroxylation is 1. The van der Waals surface area contributed by atoms with Gasteiger partial charge in [0.15, 0.2) is 9.84 Å². The zero-order chi connectivity index (χ0) is 13.2. The lowest BCUT2D eigenvalue weighted by Gasteiger charge is -2.03. The molecule has 0 spiro atoms. The molecular formula is C13H16O4S. The van der Waals surface area contributed by atoms with Gasteiger partial charge in [-0.25, -0.2) is 8.42 Å². The van der Waals surface area contributed by atoms with Crippen molar-refractivity contribution in [1.29, 1.82) is 0 Å². The topological polar surface area (TPSA) is 60.4 Å². The van der Waals surface area contributed by atoms with Crippen LogP contribution in [0.25, 0.3) is 0 Å². The van der Waals surface area contributed by atoms with Crippen molar-refractivity contribution in [2.75, 3.05) is 18.6 Å². The van der Waals surface area contributed by atoms with Crippen LogP contribution >= 0.6 is 0 Å². The minimum absolute atomic E-state index is 0.228. The Balaban J connectivity index is 1.93. The summed E-state index contributed by atoms with van der Waals surface area (Å²) in [6.45, 7) is 0.714. The maximum atomic E-state index is 11.5. The first-order valence-corrected chi connectivity index (χ1v) is 7.94. The Bertz CT molecular complexity index is 560. The van der Waals surface area contributed by atoms with Gasteiger partial charge < -0.3 is 4.74 Å². The molecule has 0 saturated heterocycles. The van der Waals surface area contributed by atoms with Crippen molar-refractivity contribution in [3.05, 3.63) is 29.3 Å². The van der Waals surface area contributed by atoms with Crippen molar-refractivity contribution in [1.82, 2.24) is 0 Å². The quantitative estimate of drug-likeness (QED) is 0.804. The standard InChI is InChI=1S/C13H16O4S/c1-18(15,16)9-12(14)4-2-10-3-5-13-11(8-10)6-7-17-13/h3,5,8H,2,4,6-7,9H2,1H3. The highest BCUT2D eigenvalue weighted by Gasteiger charge is 2.14. The number of hydrogen-bond donors (Lipinski definition) is 0. The van der Waals surface area contributed by atoms with Gasteiger partial charge in [0.1, 0.15) is 17.3 Å². The number of carbonyl (C=O) groups is 1. The SMILES string of the molecule is CS(=O)(=O)CC(=O)CCc1ccc2c(c1)CCO2. The van der Waals surface area contributed by atoms with Crippen LogP contribution < -0.4 is 4.74 Å². The molecule has 0 fully saturated rings. The molecule has 0 amide bonds. The number of hydrogen-bond acceptors (Lipinski definition) is 4. The number of fused-ring (bicyclic) bond motifs is 1. The number of ketones is 1. The maximum Gasteiger partial charge on any atom is 0.154 e. The predicted octanol–water partition coefficient (Wildman–Crippen LogP) is 1.17. The zero-order valence-corrected chi connectivity index (χ0v) is 11.1. The van der Waals surface area contributed by atoms with Gasteiger partial charge in [-0.05, 0) is 23.6 Å². The van der Waals surface area contributed by atoms with E-state index in [0.29, 0.717) is 13.0 Å². The van der Waals surface area contributed by atoms with E-state index in [1.807, 2.05) is 18.2 Å². The molecule has 1 aliphatic rings. The third-order valence-corrected chi connectivity index (χ3v) is 3.72. The molecule has 1 heterocycles. The van der Waals surface area contributed by atoms with Gasteiger partial charge in [0, 0.05) is 19.1 Å². The number of ether oxygens (including phenoxy) is 1. The Kier molecular flexibility index (Phi) is 3.71. The molecule has 2 rings (SSSR count). The number of rotatable bonds is 5. The lowest BCUT2D eigenvalue weighted by molar-refractivity contribution is -0.116. The highest BCUT2D eigenvalue weighted by molar-refractivity contribution is 7.91. The second-order valence-corrected chi connectivity index (χ2v) is 6.79. The van der Waals surface area contributed by atoms with E-state index in [1.54, 1.807) is 0 Å². The van der Waals surface area contributed by atoms with E-state index in [0.717, 1.165) is 24.0 Å². The third-order valence-electron chi connectivity index (χ3n) is 2.87. The molecule has 0 saturated carbocycles. The fourth-order valence-electron chi connectivity index (χ4n) is 2.04. The molecule has 18 heavy (non-hydrogen) atoms. The van der Waals surface area contributed by atoms with E-state index < -0.39 is 9.84 Å². The molecule has 1 aromatic rings. The number of benzene rings is 1. The average molecular weight is 268 g/mol. The van der Waals surface area contributed by atoms with Crippen LogP contribution in [0.1, 0.15) is 17.5 Å². The van der Waals surface area contributed by atoms with Crippen molar-refractivity contribution >= 4 is 15.6 Å². The van der Waals surface area contributed by atoms with Crippen molar-refractivity contribution in [3.8, 4) is 5.75 Å². The van der Waals surface area contributed by atoms with Gasteiger partial charge in [-0.3, -0.25) is 4.79 Å². The van der Waals surface area contributed by atoms with Gasteiger partial charge in [0.2, 0.25) is 0 Å². The maximum absolute atomic E-state index is 11.5. The summed E-state index contributed by atoms with van der Waals surface area (Å²) in [6.07, 6.45) is 2.84. The molecule has 0 radical (unpaired) electrons. The number of carbonyl (C=O) groups excluding carboxylic acids is 1. The van der Waals surface area contributed by atoms with E-state index >= 15 is 0 Å². The predicted molar refractivity (Wildman–Crippen MR) is 68.7 cm³/mol. The summed E-state index contributed by atoms with van der Waals surface area (Å²) in [7, 11) is -3.21. The highest BCUT2D eigenvalue weighted by Crippen LogP contribution is 2.26. The monoisotopic (exact) mass is 268 g/mol. The Morgan fingerprint density at radius 2 is 2.17 bits per heavy atom. The van der Waals surface area contributed by atoms with E-state index in [9.17, 15) is 13.2 Å². The fourth-order valence-corrected chi connectivity index (χ4v) is 2.77. The van der Waals surface area contributed by atoms with Crippen LogP contribution in [0, 0.1) is 0 Å². The fraction of sp³-hybridized carbons (Fsp3) is 0.462. The molecule has 0 unspecified atom stereocenters. The second-order valence-electron chi connectivity index (χ2n) is 4.65. The zero-order valence-electron chi connectivity index (χ0n) is 10.3. The van der Waals surface area contributed by atoms with Gasteiger partial charge in [-0.2, -0.15) is 0 Å². The summed E-state index contributed by atoms with van der Waals surface area (Å²) in [5, 5.41) is 0. The second kappa shape index (κ2) is 5.10. The van der Waals surface area contributed by atoms with Crippen molar-refractivity contribution < 1.29 is 17.9 Å². The van der Waals surface area contributed by atoms with E-state index in [2.05, 4.69) is 0 Å². The Morgan fingerprint density at radius 3 is 2.89 bits per heavy atom. The average Bonchev–Trinajstić information content (AvgIpc) is 2.71. The Labute approximate surface area is 107 Å². The lowest BCUT2D eigenvalue weighted by Crippen LogP contribution is -2.14. The number of Topliss-reactive ketones (excluding diaryl/α,β-unsaturated/α-hetero) is 1. The normalized spacial score (nSPS) is 14.1. The van der Waals surface area contributed by atoms with Gasteiger partial charge in [-0.15, -0.1) is 0 Å². The van der Waals surface area contributed by atoms with Crippen LogP contribution in [-0.2, 0) is 27.5 Å². The lowest BCUT2D eigenvalue weighted by atomic mass is 10.0. The molecule has 1 aromatic carbocycles. The third kappa shape index (κ3) is 3.57. The van der Waals surface area contributed by atoms with Crippen LogP contribution in [-0.4, -0.2) is 32.8 Å². The van der Waals surface area contributed by atoms with E-state index in [-0.39, 0.29) is 18.0 Å². The largest absolute Gasteiger partial charge is 0.493 e. The molecular weight excluding hydrogens is 252 g/mol. The van der Waals surface area contributed by atoms with E-state index in [1.165, 1.54) is 5.56 Å². The van der Waals surface area contributed by atoms with Gasteiger partial charge in [0.25, 0.3) is 0 Å². The molecule has 5 heteroatoms. The van der Waals surface area contributed by atoms with E-state index in [4.69, 9.17) is 4.74 Å². The summed E-state index contributed by atoms with van der Waals surface area (Å²) >= 11 is 0. The minimum atomic E-state index is -3.21. The van der Waals surface area contributed by atoms with Gasteiger partial charge in [0.05, 0.1) is 6.61 Å². The van der Waals surface area contributed by atoms with Crippen molar-refractivity contribution in [3.63, 3.8) is 0 Å². The Hall–Kier alpha value is -1.36. The summed E-state index contributed by atoms with van der Waals surface area (Å²) in [5.74, 6) is 0.330. The summed E-state index contributed by atoms with van der Waals surface area (Å²) < 4.78 is 27.3. The van der Waals surface area contributed by atoms with Crippen LogP contribution in [0.5, 0.6) is 5.75 Å². The molecule has 0 N–H and O–H groups in total. The molecule has 0 aliphatic carbocycles. The molecule has 1 aliphatic heterocycles. The summed E-state index contributed by atoms with van der Waals surface area (Å²) in [4.78, 5) is 11.5. The Morgan fingerprint density at radius 1 is 1.39 bits per heavy atom. The summed E-state index contributed by atoms with van der Waals surface area (Å²) in [5.41, 5.74) is 2.23. The van der Waals surface area contributed by atoms with Crippen LogP contribution in [0.2, 0.25) is 0 Å². The van der Waals surface area contributed by atoms with Crippen molar-refractivity contribution in [2.24, 2.45) is 0 Å². The highest BCUT2D eigenvalue weighted by atomic mass is 32.2. The van der Waals surface area contributed by atoms with Crippen LogP contribution in [0.3, 0.4) is 0 Å². The van der Waals surface area contributed by atoms with Crippen LogP contribution in [0.4, 0.5) is 0 Å².